The smallest absolute Gasteiger partial charge is 0.119 e. The molecule has 0 saturated carbocycles. The van der Waals surface area contributed by atoms with E-state index in [0.717, 1.165) is 26.4 Å². The SMILES string of the molecule is BrCC(CCOc1ccc(Br)cc1)c1cccc(Br)c1. The Bertz CT molecular complexity index is 540. The van der Waals surface area contributed by atoms with Gasteiger partial charge in [0.1, 0.15) is 5.75 Å². The van der Waals surface area contributed by atoms with Crippen LogP contribution in [0.5, 0.6) is 5.75 Å². The lowest BCUT2D eigenvalue weighted by Gasteiger charge is -2.15. The molecule has 2 aromatic carbocycles. The summed E-state index contributed by atoms with van der Waals surface area (Å²) in [6.45, 7) is 0.713. The van der Waals surface area contributed by atoms with Crippen LogP contribution in [0.1, 0.15) is 17.9 Å². The van der Waals surface area contributed by atoms with Gasteiger partial charge in [0.15, 0.2) is 0 Å². The van der Waals surface area contributed by atoms with E-state index in [2.05, 4.69) is 66.0 Å². The molecule has 1 atom stereocenters. The third-order valence-electron chi connectivity index (χ3n) is 3.06. The fourth-order valence-corrected chi connectivity index (χ4v) is 3.32. The summed E-state index contributed by atoms with van der Waals surface area (Å²) in [6, 6.07) is 16.4. The number of ether oxygens (including phenoxy) is 1. The summed E-state index contributed by atoms with van der Waals surface area (Å²) in [4.78, 5) is 0. The van der Waals surface area contributed by atoms with E-state index in [-0.39, 0.29) is 0 Å². The Hall–Kier alpha value is -0.320. The fraction of sp³-hybridized carbons (Fsp3) is 0.250. The normalized spacial score (nSPS) is 12.2. The highest BCUT2D eigenvalue weighted by atomic mass is 79.9. The molecule has 0 fully saturated rings. The highest BCUT2D eigenvalue weighted by Crippen LogP contribution is 2.25. The Morgan fingerprint density at radius 2 is 1.70 bits per heavy atom. The molecule has 0 bridgehead atoms. The molecule has 1 nitrogen and oxygen atoms in total. The minimum Gasteiger partial charge on any atom is -0.494 e. The van der Waals surface area contributed by atoms with Gasteiger partial charge in [-0.2, -0.15) is 0 Å². The zero-order valence-electron chi connectivity index (χ0n) is 10.9. The first-order valence-electron chi connectivity index (χ1n) is 6.39. The van der Waals surface area contributed by atoms with Crippen LogP contribution >= 0.6 is 47.8 Å². The van der Waals surface area contributed by atoms with E-state index in [1.807, 2.05) is 30.3 Å². The molecule has 0 N–H and O–H groups in total. The van der Waals surface area contributed by atoms with E-state index in [4.69, 9.17) is 4.74 Å². The summed E-state index contributed by atoms with van der Waals surface area (Å²) < 4.78 is 7.98. The number of hydrogen-bond donors (Lipinski definition) is 0. The van der Waals surface area contributed by atoms with Crippen LogP contribution in [0.3, 0.4) is 0 Å². The number of rotatable bonds is 6. The van der Waals surface area contributed by atoms with Gasteiger partial charge in [0.25, 0.3) is 0 Å². The van der Waals surface area contributed by atoms with Crippen LogP contribution < -0.4 is 4.74 Å². The average Bonchev–Trinajstić information content (AvgIpc) is 2.45. The van der Waals surface area contributed by atoms with E-state index >= 15 is 0 Å². The second-order valence-electron chi connectivity index (χ2n) is 4.50. The molecule has 0 heterocycles. The molecular weight excluding hydrogens is 448 g/mol. The van der Waals surface area contributed by atoms with Crippen LogP contribution in [-0.2, 0) is 0 Å². The summed E-state index contributed by atoms with van der Waals surface area (Å²) in [6.07, 6.45) is 0.984. The molecule has 2 aromatic rings. The molecule has 0 aliphatic carbocycles. The van der Waals surface area contributed by atoms with Crippen LogP contribution in [0, 0.1) is 0 Å². The minimum absolute atomic E-state index is 0.461. The van der Waals surface area contributed by atoms with Crippen molar-refractivity contribution in [3.8, 4) is 5.75 Å². The number of hydrogen-bond acceptors (Lipinski definition) is 1. The van der Waals surface area contributed by atoms with Crippen LogP contribution in [0.2, 0.25) is 0 Å². The molecule has 1 unspecified atom stereocenters. The van der Waals surface area contributed by atoms with Crippen molar-refractivity contribution in [2.45, 2.75) is 12.3 Å². The van der Waals surface area contributed by atoms with Crippen LogP contribution in [0.15, 0.2) is 57.5 Å². The topological polar surface area (TPSA) is 9.23 Å². The first kappa shape index (κ1) is 16.1. The number of benzene rings is 2. The van der Waals surface area contributed by atoms with Gasteiger partial charge in [-0.05, 0) is 54.3 Å². The molecule has 0 amide bonds. The minimum atomic E-state index is 0.461. The van der Waals surface area contributed by atoms with Crippen molar-refractivity contribution < 1.29 is 4.74 Å². The molecule has 0 aromatic heterocycles. The lowest BCUT2D eigenvalue weighted by molar-refractivity contribution is 0.301. The maximum Gasteiger partial charge on any atom is 0.119 e. The predicted molar refractivity (Wildman–Crippen MR) is 94.9 cm³/mol. The lowest BCUT2D eigenvalue weighted by Crippen LogP contribution is -2.07. The van der Waals surface area contributed by atoms with Crippen molar-refractivity contribution in [2.24, 2.45) is 0 Å². The molecule has 0 radical (unpaired) electrons. The monoisotopic (exact) mass is 460 g/mol. The number of halogens is 3. The van der Waals surface area contributed by atoms with Crippen molar-refractivity contribution in [1.82, 2.24) is 0 Å². The third-order valence-corrected chi connectivity index (χ3v) is 4.86. The molecule has 0 saturated heterocycles. The van der Waals surface area contributed by atoms with Gasteiger partial charge in [0.2, 0.25) is 0 Å². The maximum atomic E-state index is 5.79. The van der Waals surface area contributed by atoms with Crippen molar-refractivity contribution in [3.63, 3.8) is 0 Å². The van der Waals surface area contributed by atoms with Gasteiger partial charge in [-0.1, -0.05) is 59.9 Å². The fourth-order valence-electron chi connectivity index (χ4n) is 1.94. The van der Waals surface area contributed by atoms with Gasteiger partial charge in [0, 0.05) is 14.3 Å². The van der Waals surface area contributed by atoms with Crippen molar-refractivity contribution >= 4 is 47.8 Å². The van der Waals surface area contributed by atoms with E-state index < -0.39 is 0 Å². The van der Waals surface area contributed by atoms with Crippen LogP contribution in [0.4, 0.5) is 0 Å². The van der Waals surface area contributed by atoms with Gasteiger partial charge in [0.05, 0.1) is 6.61 Å². The van der Waals surface area contributed by atoms with Gasteiger partial charge in [-0.25, -0.2) is 0 Å². The Morgan fingerprint density at radius 1 is 0.950 bits per heavy atom. The van der Waals surface area contributed by atoms with Gasteiger partial charge < -0.3 is 4.74 Å². The molecule has 2 rings (SSSR count). The third kappa shape index (κ3) is 4.90. The Kier molecular flexibility index (Phi) is 6.59. The largest absolute Gasteiger partial charge is 0.494 e. The van der Waals surface area contributed by atoms with Crippen molar-refractivity contribution in [2.75, 3.05) is 11.9 Å². The van der Waals surface area contributed by atoms with Gasteiger partial charge >= 0.3 is 0 Å². The quantitative estimate of drug-likeness (QED) is 0.467. The first-order valence-corrected chi connectivity index (χ1v) is 9.09. The summed E-state index contributed by atoms with van der Waals surface area (Å²) >= 11 is 10.5. The number of alkyl halides is 1. The molecular formula is C16H15Br3O. The molecule has 4 heteroatoms. The molecule has 0 aliphatic rings. The summed E-state index contributed by atoms with van der Waals surface area (Å²) in [5, 5.41) is 0.938. The van der Waals surface area contributed by atoms with Crippen molar-refractivity contribution in [3.05, 3.63) is 63.0 Å². The van der Waals surface area contributed by atoms with Crippen molar-refractivity contribution in [1.29, 1.82) is 0 Å². The lowest BCUT2D eigenvalue weighted by atomic mass is 9.98. The van der Waals surface area contributed by atoms with Crippen LogP contribution in [0.25, 0.3) is 0 Å². The first-order chi connectivity index (χ1) is 9.69. The summed E-state index contributed by atoms with van der Waals surface area (Å²) in [5.74, 6) is 1.37. The second kappa shape index (κ2) is 8.20. The second-order valence-corrected chi connectivity index (χ2v) is 6.98. The van der Waals surface area contributed by atoms with Crippen LogP contribution in [-0.4, -0.2) is 11.9 Å². The predicted octanol–water partition coefficient (Wildman–Crippen LogP) is 6.16. The van der Waals surface area contributed by atoms with Gasteiger partial charge in [-0.3, -0.25) is 0 Å². The zero-order valence-corrected chi connectivity index (χ0v) is 15.6. The zero-order chi connectivity index (χ0) is 14.4. The Balaban J connectivity index is 1.89. The maximum absolute atomic E-state index is 5.79. The Morgan fingerprint density at radius 3 is 2.35 bits per heavy atom. The highest BCUT2D eigenvalue weighted by Gasteiger charge is 2.10. The molecule has 20 heavy (non-hydrogen) atoms. The molecule has 106 valence electrons. The molecule has 0 aliphatic heterocycles. The van der Waals surface area contributed by atoms with E-state index in [1.165, 1.54) is 5.56 Å². The summed E-state index contributed by atoms with van der Waals surface area (Å²) in [5.41, 5.74) is 1.33. The summed E-state index contributed by atoms with van der Waals surface area (Å²) in [7, 11) is 0. The average molecular weight is 463 g/mol. The molecule has 0 spiro atoms. The van der Waals surface area contributed by atoms with E-state index in [1.54, 1.807) is 0 Å². The highest BCUT2D eigenvalue weighted by molar-refractivity contribution is 9.10. The standard InChI is InChI=1S/C16H15Br3O/c17-11-13(12-2-1-3-15(19)10-12)8-9-20-16-6-4-14(18)5-7-16/h1-7,10,13H,8-9,11H2. The van der Waals surface area contributed by atoms with E-state index in [0.29, 0.717) is 12.5 Å². The van der Waals surface area contributed by atoms with E-state index in [9.17, 15) is 0 Å². The van der Waals surface area contributed by atoms with Gasteiger partial charge in [-0.15, -0.1) is 0 Å². The Labute approximate surface area is 145 Å².